The van der Waals surface area contributed by atoms with Crippen LogP contribution < -0.4 is 0 Å². The van der Waals surface area contributed by atoms with Crippen LogP contribution in [-0.4, -0.2) is 28.7 Å². The smallest absolute Gasteiger partial charge is 0.0601 e. The first-order valence-corrected chi connectivity index (χ1v) is 8.27. The molecular weight excluding hydrogens is 246 g/mol. The average molecular weight is 271 g/mol. The highest BCUT2D eigenvalue weighted by molar-refractivity contribution is 5.37. The summed E-state index contributed by atoms with van der Waals surface area (Å²) in [6.45, 7) is 3.37. The summed E-state index contributed by atoms with van der Waals surface area (Å²) in [5.74, 6) is 0.534. The molecule has 0 aromatic heterocycles. The number of aryl methyl sites for hydroxylation is 1. The van der Waals surface area contributed by atoms with Crippen molar-refractivity contribution >= 4 is 0 Å². The van der Waals surface area contributed by atoms with Gasteiger partial charge < -0.3 is 5.11 Å². The minimum absolute atomic E-state index is 0.0898. The maximum absolute atomic E-state index is 10.6. The first kappa shape index (κ1) is 12.8. The molecule has 2 heteroatoms. The van der Waals surface area contributed by atoms with E-state index in [1.165, 1.54) is 55.3 Å². The number of nitrogens with zero attached hydrogens (tertiary/aromatic N) is 1. The van der Waals surface area contributed by atoms with Crippen molar-refractivity contribution < 1.29 is 5.11 Å². The second-order valence-electron chi connectivity index (χ2n) is 7.02. The molecule has 2 nitrogen and oxygen atoms in total. The van der Waals surface area contributed by atoms with Crippen molar-refractivity contribution in [2.24, 2.45) is 5.92 Å². The van der Waals surface area contributed by atoms with Crippen LogP contribution in [0.4, 0.5) is 0 Å². The Hall–Kier alpha value is -0.860. The number of fused-ring (bicyclic) bond motifs is 5. The number of hydrogen-bond acceptors (Lipinski definition) is 2. The molecule has 20 heavy (non-hydrogen) atoms. The van der Waals surface area contributed by atoms with Gasteiger partial charge in [0.15, 0.2) is 0 Å². The Kier molecular flexibility index (Phi) is 3.12. The molecule has 1 saturated heterocycles. The van der Waals surface area contributed by atoms with Gasteiger partial charge in [-0.05, 0) is 43.7 Å². The van der Waals surface area contributed by atoms with Gasteiger partial charge in [-0.3, -0.25) is 4.90 Å². The SMILES string of the molecule is Cc1ccc2c(c1)C1CC(O)C3CCCCC3N1CC2. The molecule has 2 heterocycles. The molecule has 108 valence electrons. The Morgan fingerprint density at radius 3 is 2.95 bits per heavy atom. The van der Waals surface area contributed by atoms with Gasteiger partial charge >= 0.3 is 0 Å². The van der Waals surface area contributed by atoms with E-state index in [-0.39, 0.29) is 6.10 Å². The van der Waals surface area contributed by atoms with Gasteiger partial charge in [-0.25, -0.2) is 0 Å². The first-order chi connectivity index (χ1) is 9.74. The third-order valence-corrected chi connectivity index (χ3v) is 5.87. The maximum Gasteiger partial charge on any atom is 0.0601 e. The largest absolute Gasteiger partial charge is 0.393 e. The van der Waals surface area contributed by atoms with Gasteiger partial charge in [-0.1, -0.05) is 36.6 Å². The van der Waals surface area contributed by atoms with Crippen LogP contribution in [0.5, 0.6) is 0 Å². The molecule has 3 aliphatic rings. The van der Waals surface area contributed by atoms with Crippen LogP contribution in [0.25, 0.3) is 0 Å². The molecule has 1 aromatic carbocycles. The third kappa shape index (κ3) is 1.93. The van der Waals surface area contributed by atoms with E-state index in [1.807, 2.05) is 0 Å². The summed E-state index contributed by atoms with van der Waals surface area (Å²) in [6, 6.07) is 8.00. The lowest BCUT2D eigenvalue weighted by atomic mass is 9.71. The second-order valence-corrected chi connectivity index (χ2v) is 7.02. The Morgan fingerprint density at radius 2 is 2.05 bits per heavy atom. The van der Waals surface area contributed by atoms with Crippen LogP contribution in [0, 0.1) is 12.8 Å². The summed E-state index contributed by atoms with van der Waals surface area (Å²) in [5.41, 5.74) is 4.36. The summed E-state index contributed by atoms with van der Waals surface area (Å²) >= 11 is 0. The molecule has 0 radical (unpaired) electrons. The topological polar surface area (TPSA) is 23.5 Å². The predicted molar refractivity (Wildman–Crippen MR) is 80.7 cm³/mol. The minimum Gasteiger partial charge on any atom is -0.393 e. The Morgan fingerprint density at radius 1 is 1.20 bits per heavy atom. The lowest BCUT2D eigenvalue weighted by molar-refractivity contribution is -0.0713. The van der Waals surface area contributed by atoms with Crippen LogP contribution in [0.1, 0.15) is 54.8 Å². The zero-order chi connectivity index (χ0) is 13.7. The molecule has 0 bridgehead atoms. The van der Waals surface area contributed by atoms with Gasteiger partial charge in [0.2, 0.25) is 0 Å². The molecule has 4 unspecified atom stereocenters. The van der Waals surface area contributed by atoms with Crippen LogP contribution in [-0.2, 0) is 6.42 Å². The van der Waals surface area contributed by atoms with Gasteiger partial charge in [-0.15, -0.1) is 0 Å². The molecular formula is C18H25NO. The number of benzene rings is 1. The Bertz CT molecular complexity index is 512. The zero-order valence-corrected chi connectivity index (χ0v) is 12.4. The van der Waals surface area contributed by atoms with Crippen LogP contribution in [0.15, 0.2) is 18.2 Å². The van der Waals surface area contributed by atoms with Crippen molar-refractivity contribution in [1.29, 1.82) is 0 Å². The highest BCUT2D eigenvalue weighted by atomic mass is 16.3. The Balaban J connectivity index is 1.71. The zero-order valence-electron chi connectivity index (χ0n) is 12.4. The molecule has 4 atom stereocenters. The second kappa shape index (κ2) is 4.85. The summed E-state index contributed by atoms with van der Waals surface area (Å²) in [5, 5.41) is 10.6. The van der Waals surface area contributed by atoms with Gasteiger partial charge in [0.1, 0.15) is 0 Å². The standard InChI is InChI=1S/C18H25NO/c1-12-6-7-13-8-9-19-16-5-3-2-4-14(16)18(20)11-17(19)15(13)10-12/h6-7,10,14,16-18,20H,2-5,8-9,11H2,1H3. The van der Waals surface area contributed by atoms with E-state index in [9.17, 15) is 5.11 Å². The summed E-state index contributed by atoms with van der Waals surface area (Å²) < 4.78 is 0. The number of aliphatic hydroxyl groups is 1. The van der Waals surface area contributed by atoms with E-state index in [1.54, 1.807) is 0 Å². The fourth-order valence-corrected chi connectivity index (χ4v) is 4.90. The van der Waals surface area contributed by atoms with E-state index < -0.39 is 0 Å². The van der Waals surface area contributed by atoms with E-state index in [4.69, 9.17) is 0 Å². The summed E-state index contributed by atoms with van der Waals surface area (Å²) in [7, 11) is 0. The molecule has 2 aliphatic heterocycles. The molecule has 0 spiro atoms. The molecule has 1 aromatic rings. The number of hydrogen-bond donors (Lipinski definition) is 1. The molecule has 0 amide bonds. The van der Waals surface area contributed by atoms with E-state index in [2.05, 4.69) is 30.0 Å². The van der Waals surface area contributed by atoms with Crippen LogP contribution >= 0.6 is 0 Å². The maximum atomic E-state index is 10.6. The quantitative estimate of drug-likeness (QED) is 0.783. The highest BCUT2D eigenvalue weighted by Crippen LogP contribution is 2.46. The third-order valence-electron chi connectivity index (χ3n) is 5.87. The van der Waals surface area contributed by atoms with Gasteiger partial charge in [0, 0.05) is 24.5 Å². The number of aliphatic hydroxyl groups excluding tert-OH is 1. The fraction of sp³-hybridized carbons (Fsp3) is 0.667. The van der Waals surface area contributed by atoms with Crippen molar-refractivity contribution in [1.82, 2.24) is 4.90 Å². The normalized spacial score (nSPS) is 36.9. The van der Waals surface area contributed by atoms with Crippen LogP contribution in [0.2, 0.25) is 0 Å². The van der Waals surface area contributed by atoms with Gasteiger partial charge in [-0.2, -0.15) is 0 Å². The summed E-state index contributed by atoms with van der Waals surface area (Å²) in [6.07, 6.45) is 7.22. The van der Waals surface area contributed by atoms with Crippen molar-refractivity contribution in [2.45, 2.75) is 63.6 Å². The predicted octanol–water partition coefficient (Wildman–Crippen LogP) is 3.22. The molecule has 1 aliphatic carbocycles. The number of piperidine rings is 1. The minimum atomic E-state index is -0.0898. The van der Waals surface area contributed by atoms with E-state index in [0.29, 0.717) is 18.0 Å². The molecule has 4 rings (SSSR count). The van der Waals surface area contributed by atoms with Gasteiger partial charge in [0.05, 0.1) is 6.10 Å². The van der Waals surface area contributed by atoms with Crippen molar-refractivity contribution in [2.75, 3.05) is 6.54 Å². The average Bonchev–Trinajstić information content (AvgIpc) is 2.47. The molecule has 2 fully saturated rings. The monoisotopic (exact) mass is 271 g/mol. The lowest BCUT2D eigenvalue weighted by Crippen LogP contribution is -2.55. The van der Waals surface area contributed by atoms with Gasteiger partial charge in [0.25, 0.3) is 0 Å². The van der Waals surface area contributed by atoms with E-state index in [0.717, 1.165) is 6.42 Å². The van der Waals surface area contributed by atoms with E-state index >= 15 is 0 Å². The first-order valence-electron chi connectivity index (χ1n) is 8.27. The van der Waals surface area contributed by atoms with Crippen LogP contribution in [0.3, 0.4) is 0 Å². The lowest BCUT2D eigenvalue weighted by Gasteiger charge is -2.53. The summed E-state index contributed by atoms with van der Waals surface area (Å²) in [4.78, 5) is 2.73. The van der Waals surface area contributed by atoms with Crippen molar-refractivity contribution in [3.8, 4) is 0 Å². The highest BCUT2D eigenvalue weighted by Gasteiger charge is 2.45. The Labute approximate surface area is 121 Å². The van der Waals surface area contributed by atoms with Crippen molar-refractivity contribution in [3.05, 3.63) is 34.9 Å². The van der Waals surface area contributed by atoms with Crippen molar-refractivity contribution in [3.63, 3.8) is 0 Å². The molecule has 1 saturated carbocycles. The fourth-order valence-electron chi connectivity index (χ4n) is 4.90. The molecule has 1 N–H and O–H groups in total. The number of rotatable bonds is 0.